The number of ether oxygens (including phenoxy) is 1. The van der Waals surface area contributed by atoms with Crippen LogP contribution < -0.4 is 40.0 Å². The van der Waals surface area contributed by atoms with E-state index in [-0.39, 0.29) is 54.2 Å². The number of amides is 2. The van der Waals surface area contributed by atoms with Crippen LogP contribution in [0, 0.1) is 5.41 Å². The Kier molecular flexibility index (Phi) is 8.27. The average Bonchev–Trinajstić information content (AvgIpc) is 3.22. The molecule has 0 radical (unpaired) electrons. The van der Waals surface area contributed by atoms with E-state index in [4.69, 9.17) is 9.57 Å². The topological polar surface area (TPSA) is 150 Å². The molecule has 1 aromatic rings. The van der Waals surface area contributed by atoms with Gasteiger partial charge in [-0.15, -0.1) is 23.1 Å². The third kappa shape index (κ3) is 4.80. The predicted molar refractivity (Wildman–Crippen MR) is 99.6 cm³/mol. The van der Waals surface area contributed by atoms with Crippen LogP contribution in [0.2, 0.25) is 0 Å². The Labute approximate surface area is 201 Å². The van der Waals surface area contributed by atoms with Crippen LogP contribution in [0.25, 0.3) is 0 Å². The number of aromatic nitrogens is 1. The quantitative estimate of drug-likeness (QED) is 0.138. The zero-order valence-corrected chi connectivity index (χ0v) is 20.1. The molecule has 2 aliphatic heterocycles. The van der Waals surface area contributed by atoms with E-state index in [1.54, 1.807) is 5.38 Å². The molecule has 0 saturated carbocycles. The van der Waals surface area contributed by atoms with Gasteiger partial charge >= 0.3 is 35.5 Å². The third-order valence-electron chi connectivity index (χ3n) is 4.49. The van der Waals surface area contributed by atoms with E-state index in [1.807, 2.05) is 0 Å². The fourth-order valence-corrected chi connectivity index (χ4v) is 5.03. The van der Waals surface area contributed by atoms with Gasteiger partial charge in [-0.2, -0.15) is 0 Å². The molecule has 30 heavy (non-hydrogen) atoms. The number of esters is 1. The Hall–Kier alpha value is -1.67. The number of carbonyl (C=O) groups is 4. The number of nitrogens with one attached hydrogen (secondary N) is 1. The van der Waals surface area contributed by atoms with Gasteiger partial charge in [-0.1, -0.05) is 5.16 Å². The SMILES string of the molecule is CON=C(C(=O)NC1C(=O)N2CC(COC(C)=O)(C(=O)[O-])CS[C@H]12)c1cscn1.[Na+]. The number of aliphatic carboxylic acids is 1. The Morgan fingerprint density at radius 1 is 1.47 bits per heavy atom. The number of hydrogen-bond donors (Lipinski definition) is 1. The van der Waals surface area contributed by atoms with Crippen LogP contribution in [0.3, 0.4) is 0 Å². The summed E-state index contributed by atoms with van der Waals surface area (Å²) >= 11 is 2.44. The van der Waals surface area contributed by atoms with Gasteiger partial charge in [0.2, 0.25) is 5.91 Å². The van der Waals surface area contributed by atoms with Gasteiger partial charge in [-0.3, -0.25) is 14.4 Å². The second-order valence-electron chi connectivity index (χ2n) is 6.46. The van der Waals surface area contributed by atoms with Crippen molar-refractivity contribution in [3.63, 3.8) is 0 Å². The Bertz CT molecular complexity index is 866. The minimum Gasteiger partial charge on any atom is -0.549 e. The smallest absolute Gasteiger partial charge is 0.549 e. The van der Waals surface area contributed by atoms with Crippen molar-refractivity contribution in [1.82, 2.24) is 15.2 Å². The summed E-state index contributed by atoms with van der Waals surface area (Å²) in [7, 11) is 1.29. The molecule has 14 heteroatoms. The van der Waals surface area contributed by atoms with Gasteiger partial charge in [0.1, 0.15) is 30.8 Å². The maximum Gasteiger partial charge on any atom is 1.00 e. The van der Waals surface area contributed by atoms with Crippen molar-refractivity contribution >= 4 is 52.6 Å². The van der Waals surface area contributed by atoms with Gasteiger partial charge < -0.3 is 29.7 Å². The molecule has 156 valence electrons. The fraction of sp³-hybridized carbons (Fsp3) is 0.500. The molecule has 2 unspecified atom stereocenters. The summed E-state index contributed by atoms with van der Waals surface area (Å²) in [6.45, 7) is 0.611. The summed E-state index contributed by atoms with van der Waals surface area (Å²) in [6.07, 6.45) is 0. The second kappa shape index (κ2) is 10.1. The molecule has 2 saturated heterocycles. The minimum absolute atomic E-state index is 0. The van der Waals surface area contributed by atoms with E-state index in [0.717, 1.165) is 0 Å². The summed E-state index contributed by atoms with van der Waals surface area (Å²) in [4.78, 5) is 57.9. The molecule has 2 aliphatic rings. The number of oxime groups is 1. The number of carbonyl (C=O) groups excluding carboxylic acids is 4. The van der Waals surface area contributed by atoms with Crippen LogP contribution >= 0.6 is 23.1 Å². The van der Waals surface area contributed by atoms with Crippen molar-refractivity contribution in [2.75, 3.05) is 26.0 Å². The molecule has 2 amide bonds. The van der Waals surface area contributed by atoms with E-state index in [9.17, 15) is 24.3 Å². The van der Waals surface area contributed by atoms with Crippen LogP contribution in [0.15, 0.2) is 16.0 Å². The van der Waals surface area contributed by atoms with Crippen LogP contribution in [0.5, 0.6) is 0 Å². The zero-order chi connectivity index (χ0) is 21.2. The number of carboxylic acids is 1. The normalized spacial score (nSPS) is 25.3. The van der Waals surface area contributed by atoms with Gasteiger partial charge in [-0.05, 0) is 0 Å². The maximum atomic E-state index is 12.6. The van der Waals surface area contributed by atoms with Gasteiger partial charge in [-0.25, -0.2) is 4.98 Å². The molecule has 0 aromatic carbocycles. The number of thioether (sulfide) groups is 1. The van der Waals surface area contributed by atoms with E-state index >= 15 is 0 Å². The summed E-state index contributed by atoms with van der Waals surface area (Å²) in [5.74, 6) is -3.03. The summed E-state index contributed by atoms with van der Waals surface area (Å²) in [5, 5.41) is 19.1. The van der Waals surface area contributed by atoms with Crippen molar-refractivity contribution in [1.29, 1.82) is 0 Å². The molecule has 2 fully saturated rings. The van der Waals surface area contributed by atoms with Crippen molar-refractivity contribution in [3.05, 3.63) is 16.6 Å². The van der Waals surface area contributed by atoms with Gasteiger partial charge in [0, 0.05) is 24.6 Å². The number of thiazole rings is 1. The van der Waals surface area contributed by atoms with Crippen molar-refractivity contribution in [3.8, 4) is 0 Å². The Morgan fingerprint density at radius 2 is 2.20 bits per heavy atom. The largest absolute Gasteiger partial charge is 1.00 e. The van der Waals surface area contributed by atoms with Gasteiger partial charge in [0.25, 0.3) is 5.91 Å². The fourth-order valence-electron chi connectivity index (χ4n) is 2.97. The van der Waals surface area contributed by atoms with E-state index < -0.39 is 40.6 Å². The van der Waals surface area contributed by atoms with Crippen LogP contribution in [-0.2, 0) is 28.8 Å². The summed E-state index contributed by atoms with van der Waals surface area (Å²) in [5.41, 5.74) is 0.274. The Balaban J connectivity index is 0.00000320. The van der Waals surface area contributed by atoms with E-state index in [2.05, 4.69) is 15.5 Å². The van der Waals surface area contributed by atoms with Crippen LogP contribution in [0.1, 0.15) is 12.6 Å². The average molecular weight is 464 g/mol. The first kappa shape index (κ1) is 24.6. The molecular weight excluding hydrogens is 447 g/mol. The number of β-lactam (4-membered cyclic amide) rings is 1. The van der Waals surface area contributed by atoms with Gasteiger partial charge in [0.05, 0.1) is 16.9 Å². The van der Waals surface area contributed by atoms with Gasteiger partial charge in [0.15, 0.2) is 5.71 Å². The molecule has 1 N–H and O–H groups in total. The monoisotopic (exact) mass is 464 g/mol. The van der Waals surface area contributed by atoms with Crippen molar-refractivity contribution in [2.24, 2.45) is 10.6 Å². The molecule has 3 rings (SSSR count). The molecule has 0 aliphatic carbocycles. The van der Waals surface area contributed by atoms with Crippen molar-refractivity contribution in [2.45, 2.75) is 18.3 Å². The third-order valence-corrected chi connectivity index (χ3v) is 6.66. The van der Waals surface area contributed by atoms with Crippen LogP contribution in [0.4, 0.5) is 0 Å². The number of nitrogens with zero attached hydrogens (tertiary/aromatic N) is 3. The molecule has 3 atom stereocenters. The van der Waals surface area contributed by atoms with E-state index in [0.29, 0.717) is 5.69 Å². The molecule has 11 nitrogen and oxygen atoms in total. The number of carboxylic acid groups (broad SMARTS) is 1. The minimum atomic E-state index is -1.50. The first-order chi connectivity index (χ1) is 13.8. The first-order valence-corrected chi connectivity index (χ1v) is 10.4. The molecule has 3 heterocycles. The number of hydrogen-bond acceptors (Lipinski definition) is 11. The molecular formula is C16H17N4NaO7S2. The zero-order valence-electron chi connectivity index (χ0n) is 16.4. The van der Waals surface area contributed by atoms with Crippen molar-refractivity contribution < 1.29 is 63.4 Å². The summed E-state index contributed by atoms with van der Waals surface area (Å²) < 4.78 is 4.86. The predicted octanol–water partition coefficient (Wildman–Crippen LogP) is -4.80. The molecule has 1 aromatic heterocycles. The summed E-state index contributed by atoms with van der Waals surface area (Å²) in [6, 6.07) is -0.846. The van der Waals surface area contributed by atoms with E-state index in [1.165, 1.54) is 47.5 Å². The Morgan fingerprint density at radius 3 is 2.77 bits per heavy atom. The maximum absolute atomic E-state index is 12.6. The molecule has 0 bridgehead atoms. The molecule has 0 spiro atoms. The standard InChI is InChI=1S/C16H18N4O7S2.Na/c1-8(21)27-5-16(15(24)25)4-20-13(23)11(14(20)29-6-16)18-12(22)10(19-26-2)9-3-28-7-17-9;/h3,7,11,14H,4-6H2,1-2H3,(H,18,22)(H,24,25);/q;+1/p-1/t11?,14-,16?;/m1./s1. The second-order valence-corrected chi connectivity index (χ2v) is 8.29. The number of fused-ring (bicyclic) bond motifs is 1. The first-order valence-electron chi connectivity index (χ1n) is 8.36. The number of rotatable bonds is 7. The van der Waals surface area contributed by atoms with Crippen LogP contribution in [-0.4, -0.2) is 76.8 Å².